The number of nitrogens with one attached hydrogen (secondary N) is 1. The lowest BCUT2D eigenvalue weighted by atomic mass is 9.78. The van der Waals surface area contributed by atoms with Crippen molar-refractivity contribution in [1.82, 2.24) is 5.32 Å². The number of hydrogen-bond acceptors (Lipinski definition) is 2. The lowest BCUT2D eigenvalue weighted by Gasteiger charge is -2.39. The molecule has 1 aromatic carbocycles. The third-order valence-corrected chi connectivity index (χ3v) is 3.33. The molecule has 18 heavy (non-hydrogen) atoms. The number of rotatable bonds is 4. The summed E-state index contributed by atoms with van der Waals surface area (Å²) in [6.07, 6.45) is -1.08. The maximum absolute atomic E-state index is 12.0. The predicted molar refractivity (Wildman–Crippen MR) is 62.2 cm³/mol. The summed E-state index contributed by atoms with van der Waals surface area (Å²) in [6, 6.07) is 5.98. The monoisotopic (exact) mass is 259 g/mol. The average molecular weight is 259 g/mol. The van der Waals surface area contributed by atoms with E-state index in [1.807, 2.05) is 0 Å². The fraction of sp³-hybridized carbons (Fsp3) is 0.538. The van der Waals surface area contributed by atoms with Crippen molar-refractivity contribution >= 4 is 0 Å². The quantitative estimate of drug-likeness (QED) is 0.891. The van der Waals surface area contributed by atoms with Gasteiger partial charge in [0.05, 0.1) is 0 Å². The molecule has 0 atom stereocenters. The summed E-state index contributed by atoms with van der Waals surface area (Å²) in [5.74, 6) is -0.180. The van der Waals surface area contributed by atoms with E-state index in [9.17, 15) is 13.2 Å². The molecule has 100 valence electrons. The van der Waals surface area contributed by atoms with Crippen molar-refractivity contribution in [3.63, 3.8) is 0 Å². The van der Waals surface area contributed by atoms with Crippen LogP contribution in [-0.4, -0.2) is 11.9 Å². The zero-order chi connectivity index (χ0) is 13.2. The largest absolute Gasteiger partial charge is 0.573 e. The molecule has 0 unspecified atom stereocenters. The summed E-state index contributed by atoms with van der Waals surface area (Å²) >= 11 is 0. The second kappa shape index (κ2) is 4.80. The molecule has 1 fully saturated rings. The average Bonchev–Trinajstić information content (AvgIpc) is 2.23. The summed E-state index contributed by atoms with van der Waals surface area (Å²) < 4.78 is 39.7. The van der Waals surface area contributed by atoms with Crippen LogP contribution >= 0.6 is 0 Å². The van der Waals surface area contributed by atoms with Crippen molar-refractivity contribution in [2.75, 3.05) is 0 Å². The van der Waals surface area contributed by atoms with Crippen LogP contribution in [0, 0.1) is 0 Å². The molecule has 2 rings (SSSR count). The molecule has 1 aliphatic rings. The molecule has 1 aromatic rings. The maximum atomic E-state index is 12.0. The molecule has 0 bridgehead atoms. The highest BCUT2D eigenvalue weighted by molar-refractivity contribution is 5.27. The number of halogens is 3. The first-order valence-corrected chi connectivity index (χ1v) is 5.96. The van der Waals surface area contributed by atoms with Crippen LogP contribution in [0.2, 0.25) is 0 Å². The van der Waals surface area contributed by atoms with Crippen LogP contribution in [0.4, 0.5) is 13.2 Å². The standard InChI is InChI=1S/C13H16F3NO/c1-12(7-2-8-12)17-9-10-3-5-11(6-4-10)18-13(14,15)16/h3-6,17H,2,7-9H2,1H3. The summed E-state index contributed by atoms with van der Waals surface area (Å²) in [7, 11) is 0. The van der Waals surface area contributed by atoms with Gasteiger partial charge in [-0.15, -0.1) is 13.2 Å². The third-order valence-electron chi connectivity index (χ3n) is 3.33. The SMILES string of the molecule is CC1(NCc2ccc(OC(F)(F)F)cc2)CCC1. The van der Waals surface area contributed by atoms with E-state index in [1.54, 1.807) is 12.1 Å². The molecule has 0 radical (unpaired) electrons. The highest BCUT2D eigenvalue weighted by Crippen LogP contribution is 2.31. The van der Waals surface area contributed by atoms with Crippen LogP contribution in [0.1, 0.15) is 31.7 Å². The molecule has 1 saturated carbocycles. The van der Waals surface area contributed by atoms with Gasteiger partial charge in [-0.1, -0.05) is 12.1 Å². The predicted octanol–water partition coefficient (Wildman–Crippen LogP) is 3.62. The second-order valence-electron chi connectivity index (χ2n) is 4.96. The first-order chi connectivity index (χ1) is 8.36. The highest BCUT2D eigenvalue weighted by atomic mass is 19.4. The molecule has 5 heteroatoms. The van der Waals surface area contributed by atoms with E-state index in [0.29, 0.717) is 6.54 Å². The van der Waals surface area contributed by atoms with Crippen LogP contribution in [0.3, 0.4) is 0 Å². The Labute approximate surface area is 104 Å². The van der Waals surface area contributed by atoms with Crippen LogP contribution in [0.15, 0.2) is 24.3 Å². The minimum absolute atomic E-state index is 0.180. The molecule has 1 N–H and O–H groups in total. The molecule has 0 heterocycles. The van der Waals surface area contributed by atoms with E-state index in [1.165, 1.54) is 18.6 Å². The molecular formula is C13H16F3NO. The van der Waals surface area contributed by atoms with Crippen LogP contribution in [0.5, 0.6) is 5.75 Å². The Bertz CT molecular complexity index is 396. The Morgan fingerprint density at radius 1 is 1.22 bits per heavy atom. The lowest BCUT2D eigenvalue weighted by molar-refractivity contribution is -0.274. The van der Waals surface area contributed by atoms with E-state index in [0.717, 1.165) is 18.4 Å². The first kappa shape index (κ1) is 13.2. The molecule has 1 aliphatic carbocycles. The topological polar surface area (TPSA) is 21.3 Å². The van der Waals surface area contributed by atoms with Crippen molar-refractivity contribution in [1.29, 1.82) is 0 Å². The zero-order valence-electron chi connectivity index (χ0n) is 10.2. The fourth-order valence-electron chi connectivity index (χ4n) is 2.01. The summed E-state index contributed by atoms with van der Waals surface area (Å²) in [4.78, 5) is 0. The number of ether oxygens (including phenoxy) is 1. The van der Waals surface area contributed by atoms with Gasteiger partial charge in [-0.2, -0.15) is 0 Å². The van der Waals surface area contributed by atoms with Crippen LogP contribution in [0.25, 0.3) is 0 Å². The van der Waals surface area contributed by atoms with Gasteiger partial charge in [0, 0.05) is 12.1 Å². The molecule has 0 saturated heterocycles. The van der Waals surface area contributed by atoms with E-state index >= 15 is 0 Å². The van der Waals surface area contributed by atoms with Crippen molar-refractivity contribution in [2.24, 2.45) is 0 Å². The molecule has 0 aromatic heterocycles. The van der Waals surface area contributed by atoms with Gasteiger partial charge in [0.2, 0.25) is 0 Å². The minimum atomic E-state index is -4.63. The summed E-state index contributed by atoms with van der Waals surface area (Å²) in [5, 5.41) is 3.42. The van der Waals surface area contributed by atoms with Gasteiger partial charge in [-0.25, -0.2) is 0 Å². The molecule has 0 amide bonds. The van der Waals surface area contributed by atoms with Crippen LogP contribution in [-0.2, 0) is 6.54 Å². The van der Waals surface area contributed by atoms with Gasteiger partial charge < -0.3 is 10.1 Å². The van der Waals surface area contributed by atoms with Crippen molar-refractivity contribution in [3.05, 3.63) is 29.8 Å². The van der Waals surface area contributed by atoms with Gasteiger partial charge in [0.15, 0.2) is 0 Å². The highest BCUT2D eigenvalue weighted by Gasteiger charge is 2.31. The van der Waals surface area contributed by atoms with E-state index in [-0.39, 0.29) is 11.3 Å². The maximum Gasteiger partial charge on any atom is 0.573 e. The van der Waals surface area contributed by atoms with E-state index < -0.39 is 6.36 Å². The summed E-state index contributed by atoms with van der Waals surface area (Å²) in [6.45, 7) is 2.83. The van der Waals surface area contributed by atoms with E-state index in [2.05, 4.69) is 17.0 Å². The Morgan fingerprint density at radius 3 is 2.28 bits per heavy atom. The molecule has 2 nitrogen and oxygen atoms in total. The Morgan fingerprint density at radius 2 is 1.83 bits per heavy atom. The van der Waals surface area contributed by atoms with Crippen LogP contribution < -0.4 is 10.1 Å². The van der Waals surface area contributed by atoms with Gasteiger partial charge in [-0.3, -0.25) is 0 Å². The summed E-state index contributed by atoms with van der Waals surface area (Å²) in [5.41, 5.74) is 1.15. The Balaban J connectivity index is 1.87. The first-order valence-electron chi connectivity index (χ1n) is 5.96. The Hall–Kier alpha value is -1.23. The lowest BCUT2D eigenvalue weighted by Crippen LogP contribution is -2.47. The van der Waals surface area contributed by atoms with Gasteiger partial charge in [0.1, 0.15) is 5.75 Å². The number of hydrogen-bond donors (Lipinski definition) is 1. The number of alkyl halides is 3. The zero-order valence-corrected chi connectivity index (χ0v) is 10.2. The van der Waals surface area contributed by atoms with Crippen molar-refractivity contribution in [3.8, 4) is 5.75 Å². The van der Waals surface area contributed by atoms with Gasteiger partial charge in [0.25, 0.3) is 0 Å². The molecule has 0 aliphatic heterocycles. The van der Waals surface area contributed by atoms with E-state index in [4.69, 9.17) is 0 Å². The smallest absolute Gasteiger partial charge is 0.406 e. The molecule has 0 spiro atoms. The van der Waals surface area contributed by atoms with Crippen molar-refractivity contribution < 1.29 is 17.9 Å². The van der Waals surface area contributed by atoms with Gasteiger partial charge >= 0.3 is 6.36 Å². The molecular weight excluding hydrogens is 243 g/mol. The normalized spacial score (nSPS) is 18.2. The number of benzene rings is 1. The minimum Gasteiger partial charge on any atom is -0.406 e. The third kappa shape index (κ3) is 3.63. The van der Waals surface area contributed by atoms with Gasteiger partial charge in [-0.05, 0) is 43.9 Å². The Kier molecular flexibility index (Phi) is 3.52. The van der Waals surface area contributed by atoms with Crippen molar-refractivity contribution in [2.45, 2.75) is 44.6 Å². The fourth-order valence-corrected chi connectivity index (χ4v) is 2.01. The second-order valence-corrected chi connectivity index (χ2v) is 4.96.